The van der Waals surface area contributed by atoms with Crippen LogP contribution in [0.4, 0.5) is 0 Å². The summed E-state index contributed by atoms with van der Waals surface area (Å²) in [5.74, 6) is 0. The highest BCUT2D eigenvalue weighted by Crippen LogP contribution is 2.12. The lowest BCUT2D eigenvalue weighted by atomic mass is 10.1. The van der Waals surface area contributed by atoms with Crippen LogP contribution in [0, 0.1) is 0 Å². The Kier molecular flexibility index (Phi) is 6.41. The van der Waals surface area contributed by atoms with Crippen LogP contribution in [0.15, 0.2) is 60.7 Å². The summed E-state index contributed by atoms with van der Waals surface area (Å²) in [6, 6.07) is 20.4. The number of aliphatic hydroxyl groups excluding tert-OH is 1. The molecule has 0 heterocycles. The van der Waals surface area contributed by atoms with Gasteiger partial charge < -0.3 is 15.2 Å². The molecule has 112 valence electrons. The first kappa shape index (κ1) is 15.7. The summed E-state index contributed by atoms with van der Waals surface area (Å²) in [5.41, 5.74) is 2.35. The standard InChI is InChI=1S/C18H23NO2/c1-15(17-10-6-3-7-11-17)19-18(12-20)14-21-13-16-8-4-2-5-9-16/h2-11,15,18-20H,12-14H2,1H3/t15-,18-/m1/s1. The Morgan fingerprint density at radius 3 is 2.24 bits per heavy atom. The van der Waals surface area contributed by atoms with Crippen LogP contribution in [0.5, 0.6) is 0 Å². The molecule has 0 bridgehead atoms. The second kappa shape index (κ2) is 8.57. The minimum Gasteiger partial charge on any atom is -0.395 e. The first-order chi connectivity index (χ1) is 10.3. The number of hydrogen-bond acceptors (Lipinski definition) is 3. The molecule has 21 heavy (non-hydrogen) atoms. The van der Waals surface area contributed by atoms with E-state index in [0.717, 1.165) is 5.56 Å². The third-order valence-electron chi connectivity index (χ3n) is 3.44. The molecule has 0 unspecified atom stereocenters. The van der Waals surface area contributed by atoms with Gasteiger partial charge in [0.05, 0.1) is 25.9 Å². The molecule has 0 aliphatic heterocycles. The molecule has 0 spiro atoms. The van der Waals surface area contributed by atoms with Gasteiger partial charge >= 0.3 is 0 Å². The average molecular weight is 285 g/mol. The molecule has 0 aromatic heterocycles. The highest BCUT2D eigenvalue weighted by atomic mass is 16.5. The van der Waals surface area contributed by atoms with Crippen molar-refractivity contribution >= 4 is 0 Å². The van der Waals surface area contributed by atoms with Crippen LogP contribution in [0.3, 0.4) is 0 Å². The minimum absolute atomic E-state index is 0.0615. The number of nitrogens with one attached hydrogen (secondary N) is 1. The first-order valence-corrected chi connectivity index (χ1v) is 7.33. The predicted molar refractivity (Wildman–Crippen MR) is 85.0 cm³/mol. The lowest BCUT2D eigenvalue weighted by Gasteiger charge is -2.22. The summed E-state index contributed by atoms with van der Waals surface area (Å²) in [6.45, 7) is 3.21. The molecule has 0 fully saturated rings. The zero-order chi connectivity index (χ0) is 14.9. The predicted octanol–water partition coefficient (Wildman–Crippen LogP) is 2.91. The molecule has 2 aromatic carbocycles. The van der Waals surface area contributed by atoms with Crippen LogP contribution < -0.4 is 5.32 Å². The maximum absolute atomic E-state index is 9.48. The molecule has 0 saturated carbocycles. The van der Waals surface area contributed by atoms with E-state index in [0.29, 0.717) is 13.2 Å². The third-order valence-corrected chi connectivity index (χ3v) is 3.44. The van der Waals surface area contributed by atoms with Crippen LogP contribution in [-0.4, -0.2) is 24.4 Å². The molecule has 0 amide bonds. The fourth-order valence-electron chi connectivity index (χ4n) is 2.24. The van der Waals surface area contributed by atoms with Crippen molar-refractivity contribution in [2.75, 3.05) is 13.2 Å². The van der Waals surface area contributed by atoms with Crippen LogP contribution in [-0.2, 0) is 11.3 Å². The number of hydrogen-bond donors (Lipinski definition) is 2. The van der Waals surface area contributed by atoms with Crippen molar-refractivity contribution in [2.45, 2.75) is 25.6 Å². The molecular formula is C18H23NO2. The number of aliphatic hydroxyl groups is 1. The lowest BCUT2D eigenvalue weighted by Crippen LogP contribution is -2.38. The van der Waals surface area contributed by atoms with Gasteiger partial charge in [0, 0.05) is 6.04 Å². The zero-order valence-corrected chi connectivity index (χ0v) is 12.4. The fraction of sp³-hybridized carbons (Fsp3) is 0.333. The largest absolute Gasteiger partial charge is 0.395 e. The fourth-order valence-corrected chi connectivity index (χ4v) is 2.24. The monoisotopic (exact) mass is 285 g/mol. The first-order valence-electron chi connectivity index (χ1n) is 7.33. The average Bonchev–Trinajstić information content (AvgIpc) is 2.55. The van der Waals surface area contributed by atoms with E-state index in [1.165, 1.54) is 5.56 Å². The quantitative estimate of drug-likeness (QED) is 0.783. The van der Waals surface area contributed by atoms with Gasteiger partial charge in [-0.2, -0.15) is 0 Å². The Hall–Kier alpha value is -1.68. The Morgan fingerprint density at radius 2 is 1.62 bits per heavy atom. The van der Waals surface area contributed by atoms with Crippen LogP contribution in [0.25, 0.3) is 0 Å². The van der Waals surface area contributed by atoms with E-state index in [4.69, 9.17) is 4.74 Å². The van der Waals surface area contributed by atoms with Crippen molar-refractivity contribution in [2.24, 2.45) is 0 Å². The maximum atomic E-state index is 9.48. The van der Waals surface area contributed by atoms with Crippen LogP contribution in [0.1, 0.15) is 24.1 Å². The molecule has 2 rings (SSSR count). The van der Waals surface area contributed by atoms with E-state index < -0.39 is 0 Å². The van der Waals surface area contributed by atoms with Gasteiger partial charge in [0.15, 0.2) is 0 Å². The Balaban J connectivity index is 1.78. The summed E-state index contributed by atoms with van der Waals surface area (Å²) in [7, 11) is 0. The Morgan fingerprint density at radius 1 is 1.00 bits per heavy atom. The third kappa shape index (κ3) is 5.31. The maximum Gasteiger partial charge on any atom is 0.0717 e. The van der Waals surface area contributed by atoms with Gasteiger partial charge in [-0.3, -0.25) is 0 Å². The molecule has 2 atom stereocenters. The normalized spacial score (nSPS) is 13.8. The van der Waals surface area contributed by atoms with E-state index in [9.17, 15) is 5.11 Å². The number of benzene rings is 2. The van der Waals surface area contributed by atoms with Gasteiger partial charge in [-0.05, 0) is 18.1 Å². The van der Waals surface area contributed by atoms with Gasteiger partial charge in [-0.1, -0.05) is 60.7 Å². The molecule has 0 aliphatic rings. The van der Waals surface area contributed by atoms with E-state index in [2.05, 4.69) is 24.4 Å². The second-order valence-corrected chi connectivity index (χ2v) is 5.18. The SMILES string of the molecule is C[C@@H](N[C@H](CO)COCc1ccccc1)c1ccccc1. The number of ether oxygens (including phenoxy) is 1. The Bertz CT molecular complexity index is 501. The van der Waals surface area contributed by atoms with Crippen molar-refractivity contribution in [3.05, 3.63) is 71.8 Å². The van der Waals surface area contributed by atoms with Gasteiger partial charge in [0.1, 0.15) is 0 Å². The van der Waals surface area contributed by atoms with Crippen molar-refractivity contribution in [3.63, 3.8) is 0 Å². The van der Waals surface area contributed by atoms with E-state index in [-0.39, 0.29) is 18.7 Å². The second-order valence-electron chi connectivity index (χ2n) is 5.18. The summed E-state index contributed by atoms with van der Waals surface area (Å²) < 4.78 is 5.69. The van der Waals surface area contributed by atoms with E-state index >= 15 is 0 Å². The molecule has 3 nitrogen and oxygen atoms in total. The van der Waals surface area contributed by atoms with Crippen LogP contribution >= 0.6 is 0 Å². The summed E-state index contributed by atoms with van der Waals surface area (Å²) >= 11 is 0. The summed E-state index contributed by atoms with van der Waals surface area (Å²) in [5, 5.41) is 12.9. The van der Waals surface area contributed by atoms with Crippen molar-refractivity contribution in [1.82, 2.24) is 5.32 Å². The zero-order valence-electron chi connectivity index (χ0n) is 12.4. The Labute approximate surface area is 126 Å². The van der Waals surface area contributed by atoms with E-state index in [1.54, 1.807) is 0 Å². The van der Waals surface area contributed by atoms with Gasteiger partial charge in [-0.15, -0.1) is 0 Å². The lowest BCUT2D eigenvalue weighted by molar-refractivity contribution is 0.0748. The minimum atomic E-state index is -0.0658. The van der Waals surface area contributed by atoms with E-state index in [1.807, 2.05) is 48.5 Å². The van der Waals surface area contributed by atoms with Gasteiger partial charge in [0.2, 0.25) is 0 Å². The van der Waals surface area contributed by atoms with Crippen molar-refractivity contribution < 1.29 is 9.84 Å². The van der Waals surface area contributed by atoms with Crippen molar-refractivity contribution in [1.29, 1.82) is 0 Å². The van der Waals surface area contributed by atoms with Gasteiger partial charge in [0.25, 0.3) is 0 Å². The smallest absolute Gasteiger partial charge is 0.0717 e. The molecule has 2 aromatic rings. The number of rotatable bonds is 8. The molecule has 0 saturated heterocycles. The van der Waals surface area contributed by atoms with Crippen molar-refractivity contribution in [3.8, 4) is 0 Å². The molecule has 0 aliphatic carbocycles. The molecule has 2 N–H and O–H groups in total. The molecule has 3 heteroatoms. The topological polar surface area (TPSA) is 41.5 Å². The summed E-state index contributed by atoms with van der Waals surface area (Å²) in [4.78, 5) is 0. The highest BCUT2D eigenvalue weighted by molar-refractivity contribution is 5.18. The summed E-state index contributed by atoms with van der Waals surface area (Å²) in [6.07, 6.45) is 0. The molecule has 0 radical (unpaired) electrons. The molecular weight excluding hydrogens is 262 g/mol. The highest BCUT2D eigenvalue weighted by Gasteiger charge is 2.12. The van der Waals surface area contributed by atoms with Crippen LogP contribution in [0.2, 0.25) is 0 Å². The van der Waals surface area contributed by atoms with Gasteiger partial charge in [-0.25, -0.2) is 0 Å².